The van der Waals surface area contributed by atoms with E-state index in [-0.39, 0.29) is 11.8 Å². The molecule has 0 aliphatic carbocycles. The van der Waals surface area contributed by atoms with Gasteiger partial charge in [0.2, 0.25) is 0 Å². The molecule has 0 radical (unpaired) electrons. The van der Waals surface area contributed by atoms with Gasteiger partial charge in [-0.3, -0.25) is 9.59 Å². The zero-order chi connectivity index (χ0) is 16.7. The zero-order valence-corrected chi connectivity index (χ0v) is 12.9. The monoisotopic (exact) mass is 322 g/mol. The number of rotatable bonds is 3. The molecule has 2 aliphatic heterocycles. The second-order valence-electron chi connectivity index (χ2n) is 5.49. The number of benzene rings is 2. The standard InChI is InChI=1S/C17H14N4O3/c1-24-13-9-5-8-12(10-13)21-15-14(18-19-21)16(22)20(17(15)23)11-6-3-2-4-7-11/h2-10,14-15H,1H3. The molecule has 2 aromatic carbocycles. The predicted octanol–water partition coefficient (Wildman–Crippen LogP) is 2.19. The first-order chi connectivity index (χ1) is 11.7. The Labute approximate surface area is 138 Å². The molecule has 2 atom stereocenters. The van der Waals surface area contributed by atoms with Crippen LogP contribution in [0.25, 0.3) is 0 Å². The molecule has 2 unspecified atom stereocenters. The number of hydrogen-bond donors (Lipinski definition) is 0. The van der Waals surface area contributed by atoms with E-state index in [0.29, 0.717) is 17.1 Å². The van der Waals surface area contributed by atoms with Crippen LogP contribution < -0.4 is 14.6 Å². The fourth-order valence-corrected chi connectivity index (χ4v) is 2.96. The molecule has 2 aliphatic rings. The Balaban J connectivity index is 1.70. The quantitative estimate of drug-likeness (QED) is 0.812. The Morgan fingerprint density at radius 3 is 2.46 bits per heavy atom. The van der Waals surface area contributed by atoms with Gasteiger partial charge in [-0.2, -0.15) is 5.11 Å². The summed E-state index contributed by atoms with van der Waals surface area (Å²) in [7, 11) is 1.56. The normalized spacial score (nSPS) is 22.2. The maximum atomic E-state index is 12.8. The Kier molecular flexibility index (Phi) is 3.26. The summed E-state index contributed by atoms with van der Waals surface area (Å²) in [4.78, 5) is 26.6. The van der Waals surface area contributed by atoms with Crippen LogP contribution in [0.1, 0.15) is 0 Å². The summed E-state index contributed by atoms with van der Waals surface area (Å²) in [5.41, 5.74) is 1.20. The summed E-state index contributed by atoms with van der Waals surface area (Å²) in [5, 5.41) is 9.53. The Bertz CT molecular complexity index is 837. The minimum absolute atomic E-state index is 0.330. The molecule has 7 heteroatoms. The van der Waals surface area contributed by atoms with Crippen LogP contribution in [-0.4, -0.2) is 31.0 Å². The van der Waals surface area contributed by atoms with Crippen LogP contribution in [0.2, 0.25) is 0 Å². The topological polar surface area (TPSA) is 74.6 Å². The molecule has 2 heterocycles. The number of para-hydroxylation sites is 1. The minimum atomic E-state index is -0.816. The highest BCUT2D eigenvalue weighted by atomic mass is 16.5. The first-order valence-electron chi connectivity index (χ1n) is 7.47. The molecule has 2 amide bonds. The van der Waals surface area contributed by atoms with Gasteiger partial charge in [0.1, 0.15) is 5.75 Å². The predicted molar refractivity (Wildman–Crippen MR) is 86.8 cm³/mol. The number of fused-ring (bicyclic) bond motifs is 1. The summed E-state index contributed by atoms with van der Waals surface area (Å²) < 4.78 is 5.20. The van der Waals surface area contributed by atoms with E-state index >= 15 is 0 Å². The lowest BCUT2D eigenvalue weighted by Gasteiger charge is -2.20. The van der Waals surface area contributed by atoms with Crippen molar-refractivity contribution >= 4 is 23.2 Å². The van der Waals surface area contributed by atoms with Crippen molar-refractivity contribution in [2.45, 2.75) is 12.1 Å². The van der Waals surface area contributed by atoms with Gasteiger partial charge in [0.15, 0.2) is 12.1 Å². The SMILES string of the molecule is COc1cccc(N2N=NC3C(=O)N(c4ccccc4)C(=O)C32)c1. The number of nitrogens with zero attached hydrogens (tertiary/aromatic N) is 4. The molecule has 120 valence electrons. The molecule has 1 saturated heterocycles. The maximum absolute atomic E-state index is 12.8. The summed E-state index contributed by atoms with van der Waals surface area (Å²) in [6.07, 6.45) is 0. The summed E-state index contributed by atoms with van der Waals surface area (Å²) in [6.45, 7) is 0. The second-order valence-corrected chi connectivity index (χ2v) is 5.49. The number of ether oxygens (including phenoxy) is 1. The van der Waals surface area contributed by atoms with Gasteiger partial charge in [-0.25, -0.2) is 9.91 Å². The lowest BCUT2D eigenvalue weighted by molar-refractivity contribution is -0.121. The van der Waals surface area contributed by atoms with E-state index in [1.54, 1.807) is 55.6 Å². The van der Waals surface area contributed by atoms with Crippen LogP contribution in [0.4, 0.5) is 11.4 Å². The first kappa shape index (κ1) is 14.4. The molecule has 1 fully saturated rings. The minimum Gasteiger partial charge on any atom is -0.497 e. The van der Waals surface area contributed by atoms with Gasteiger partial charge < -0.3 is 4.74 Å². The third kappa shape index (κ3) is 2.05. The van der Waals surface area contributed by atoms with E-state index in [1.807, 2.05) is 6.07 Å². The molecule has 4 rings (SSSR count). The summed E-state index contributed by atoms with van der Waals surface area (Å²) in [5.74, 6) is -0.0443. The molecule has 0 aromatic heterocycles. The molecular weight excluding hydrogens is 308 g/mol. The van der Waals surface area contributed by atoms with E-state index in [1.165, 1.54) is 9.91 Å². The van der Waals surface area contributed by atoms with E-state index in [4.69, 9.17) is 4.74 Å². The van der Waals surface area contributed by atoms with Crippen molar-refractivity contribution in [2.24, 2.45) is 10.3 Å². The lowest BCUT2D eigenvalue weighted by atomic mass is 10.1. The summed E-state index contributed by atoms with van der Waals surface area (Å²) >= 11 is 0. The lowest BCUT2D eigenvalue weighted by Crippen LogP contribution is -2.39. The number of amides is 2. The maximum Gasteiger partial charge on any atom is 0.263 e. The number of methoxy groups -OCH3 is 1. The van der Waals surface area contributed by atoms with Gasteiger partial charge in [-0.05, 0) is 24.3 Å². The molecule has 24 heavy (non-hydrogen) atoms. The van der Waals surface area contributed by atoms with E-state index in [2.05, 4.69) is 10.3 Å². The van der Waals surface area contributed by atoms with E-state index in [0.717, 1.165) is 0 Å². The smallest absolute Gasteiger partial charge is 0.263 e. The van der Waals surface area contributed by atoms with Crippen LogP contribution in [0, 0.1) is 0 Å². The number of carbonyl (C=O) groups is 2. The van der Waals surface area contributed by atoms with Crippen molar-refractivity contribution in [3.8, 4) is 5.75 Å². The Hall–Kier alpha value is -3.22. The number of anilines is 2. The fourth-order valence-electron chi connectivity index (χ4n) is 2.96. The second kappa shape index (κ2) is 5.45. The third-order valence-electron chi connectivity index (χ3n) is 4.11. The highest BCUT2D eigenvalue weighted by Gasteiger charge is 2.55. The molecular formula is C17H14N4O3. The van der Waals surface area contributed by atoms with Crippen molar-refractivity contribution in [1.29, 1.82) is 0 Å². The van der Waals surface area contributed by atoms with Crippen molar-refractivity contribution in [3.63, 3.8) is 0 Å². The Morgan fingerprint density at radius 2 is 1.71 bits per heavy atom. The molecule has 7 nitrogen and oxygen atoms in total. The van der Waals surface area contributed by atoms with Crippen LogP contribution in [0.15, 0.2) is 64.9 Å². The molecule has 0 saturated carbocycles. The highest BCUT2D eigenvalue weighted by Crippen LogP contribution is 2.35. The van der Waals surface area contributed by atoms with Crippen molar-refractivity contribution in [3.05, 3.63) is 54.6 Å². The van der Waals surface area contributed by atoms with Crippen LogP contribution in [0.5, 0.6) is 5.75 Å². The van der Waals surface area contributed by atoms with Gasteiger partial charge in [-0.1, -0.05) is 29.5 Å². The largest absolute Gasteiger partial charge is 0.497 e. The van der Waals surface area contributed by atoms with Gasteiger partial charge in [0, 0.05) is 6.07 Å². The van der Waals surface area contributed by atoms with Crippen LogP contribution in [0.3, 0.4) is 0 Å². The van der Waals surface area contributed by atoms with Gasteiger partial charge in [0.05, 0.1) is 18.5 Å². The van der Waals surface area contributed by atoms with Gasteiger partial charge in [0.25, 0.3) is 11.8 Å². The van der Waals surface area contributed by atoms with Crippen molar-refractivity contribution in [2.75, 3.05) is 17.0 Å². The number of imide groups is 1. The van der Waals surface area contributed by atoms with Gasteiger partial charge >= 0.3 is 0 Å². The van der Waals surface area contributed by atoms with E-state index < -0.39 is 12.1 Å². The number of carbonyl (C=O) groups excluding carboxylic acids is 2. The molecule has 0 bridgehead atoms. The van der Waals surface area contributed by atoms with Crippen molar-refractivity contribution in [1.82, 2.24) is 0 Å². The summed E-state index contributed by atoms with van der Waals surface area (Å²) in [6, 6.07) is 14.4. The highest BCUT2D eigenvalue weighted by molar-refractivity contribution is 6.26. The molecule has 2 aromatic rings. The molecule has 0 spiro atoms. The first-order valence-corrected chi connectivity index (χ1v) is 7.47. The van der Waals surface area contributed by atoms with Gasteiger partial charge in [-0.15, -0.1) is 0 Å². The average Bonchev–Trinajstić information content (AvgIpc) is 3.16. The number of hydrogen-bond acceptors (Lipinski definition) is 6. The molecule has 0 N–H and O–H groups in total. The van der Waals surface area contributed by atoms with E-state index in [9.17, 15) is 9.59 Å². The third-order valence-corrected chi connectivity index (χ3v) is 4.11. The zero-order valence-electron chi connectivity index (χ0n) is 12.9. The fraction of sp³-hybridized carbons (Fsp3) is 0.176. The average molecular weight is 322 g/mol. The van der Waals surface area contributed by atoms with Crippen LogP contribution in [-0.2, 0) is 9.59 Å². The Morgan fingerprint density at radius 1 is 0.958 bits per heavy atom. The van der Waals surface area contributed by atoms with Crippen molar-refractivity contribution < 1.29 is 14.3 Å². The van der Waals surface area contributed by atoms with Crippen LogP contribution >= 0.6 is 0 Å².